The van der Waals surface area contributed by atoms with E-state index in [0.717, 1.165) is 22.5 Å². The molecule has 2 aromatic rings. The third-order valence-corrected chi connectivity index (χ3v) is 4.98. The maximum absolute atomic E-state index is 12.0. The minimum atomic E-state index is -3.70. The van der Waals surface area contributed by atoms with Crippen molar-refractivity contribution in [2.75, 3.05) is 5.75 Å². The number of carbonyl (C=O) groups is 1. The average Bonchev–Trinajstić information content (AvgIpc) is 3.09. The quantitative estimate of drug-likeness (QED) is 0.563. The molecule has 0 saturated carbocycles. The summed E-state index contributed by atoms with van der Waals surface area (Å²) in [4.78, 5) is 11.9. The van der Waals surface area contributed by atoms with Gasteiger partial charge < -0.3 is 0 Å². The lowest BCUT2D eigenvalue weighted by molar-refractivity contribution is -0.118. The fourth-order valence-electron chi connectivity index (χ4n) is 2.22. The number of aromatic nitrogens is 4. The van der Waals surface area contributed by atoms with Gasteiger partial charge in [-0.2, -0.15) is 15.3 Å². The van der Waals surface area contributed by atoms with E-state index in [-0.39, 0.29) is 0 Å². The summed E-state index contributed by atoms with van der Waals surface area (Å²) in [6, 6.07) is 0. The Morgan fingerprint density at radius 3 is 2.64 bits per heavy atom. The molecule has 25 heavy (non-hydrogen) atoms. The molecular formula is C14H19ClN6O3S. The molecule has 0 atom stereocenters. The number of hydrogen-bond donors (Lipinski definition) is 1. The number of nitrogens with zero attached hydrogens (tertiary/aromatic N) is 5. The summed E-state index contributed by atoms with van der Waals surface area (Å²) >= 11 is 5.68. The molecule has 0 saturated heterocycles. The van der Waals surface area contributed by atoms with Gasteiger partial charge in [-0.05, 0) is 20.8 Å². The Bertz CT molecular complexity index is 900. The molecule has 11 heteroatoms. The van der Waals surface area contributed by atoms with Crippen molar-refractivity contribution in [2.24, 2.45) is 5.10 Å². The molecule has 0 bridgehead atoms. The predicted octanol–water partition coefficient (Wildman–Crippen LogP) is 0.974. The molecule has 1 amide bonds. The number of rotatable bonds is 7. The molecule has 2 heterocycles. The van der Waals surface area contributed by atoms with Crippen LogP contribution < -0.4 is 5.43 Å². The Morgan fingerprint density at radius 2 is 2.08 bits per heavy atom. The highest BCUT2D eigenvalue weighted by Crippen LogP contribution is 2.08. The number of nitrogens with one attached hydrogen (secondary N) is 1. The maximum atomic E-state index is 12.0. The summed E-state index contributed by atoms with van der Waals surface area (Å²) < 4.78 is 27.0. The van der Waals surface area contributed by atoms with Crippen molar-refractivity contribution in [2.45, 2.75) is 33.2 Å². The zero-order chi connectivity index (χ0) is 18.6. The van der Waals surface area contributed by atoms with Gasteiger partial charge in [-0.15, -0.1) is 0 Å². The molecule has 0 unspecified atom stereocenters. The molecule has 9 nitrogen and oxygen atoms in total. The SMILES string of the molecule is CCn1ncc(/C(C)=N/NC(=O)CS(=O)(=O)Cn2cc(Cl)cn2)c1C. The second kappa shape index (κ2) is 7.79. The van der Waals surface area contributed by atoms with Gasteiger partial charge in [-0.25, -0.2) is 13.8 Å². The second-order valence-electron chi connectivity index (χ2n) is 5.41. The summed E-state index contributed by atoms with van der Waals surface area (Å²) in [5, 5.41) is 12.3. The Hall–Kier alpha value is -2.20. The van der Waals surface area contributed by atoms with E-state index >= 15 is 0 Å². The lowest BCUT2D eigenvalue weighted by Gasteiger charge is -2.05. The number of amides is 1. The lowest BCUT2D eigenvalue weighted by Crippen LogP contribution is -2.29. The zero-order valence-corrected chi connectivity index (χ0v) is 15.7. The van der Waals surface area contributed by atoms with E-state index in [1.54, 1.807) is 17.8 Å². The van der Waals surface area contributed by atoms with E-state index in [9.17, 15) is 13.2 Å². The highest BCUT2D eigenvalue weighted by Gasteiger charge is 2.18. The van der Waals surface area contributed by atoms with Crippen molar-refractivity contribution < 1.29 is 13.2 Å². The van der Waals surface area contributed by atoms with E-state index in [1.165, 1.54) is 12.4 Å². The van der Waals surface area contributed by atoms with Gasteiger partial charge in [0, 0.05) is 24.0 Å². The standard InChI is InChI=1S/C14H19ClN6O3S/c1-4-21-11(3)13(6-17-21)10(2)18-19-14(22)8-25(23,24)9-20-7-12(15)5-16-20/h5-7H,4,8-9H2,1-3H3,(H,19,22)/b18-10+. The van der Waals surface area contributed by atoms with Crippen LogP contribution in [0.15, 0.2) is 23.7 Å². The van der Waals surface area contributed by atoms with Crippen molar-refractivity contribution in [3.63, 3.8) is 0 Å². The first-order valence-electron chi connectivity index (χ1n) is 7.46. The third-order valence-electron chi connectivity index (χ3n) is 3.42. The second-order valence-corrected chi connectivity index (χ2v) is 7.88. The first-order valence-corrected chi connectivity index (χ1v) is 9.66. The molecule has 1 N–H and O–H groups in total. The van der Waals surface area contributed by atoms with Crippen LogP contribution in [0.4, 0.5) is 0 Å². The van der Waals surface area contributed by atoms with Crippen molar-refractivity contribution in [1.29, 1.82) is 0 Å². The van der Waals surface area contributed by atoms with E-state index in [4.69, 9.17) is 11.6 Å². The van der Waals surface area contributed by atoms with Gasteiger partial charge >= 0.3 is 0 Å². The summed E-state index contributed by atoms with van der Waals surface area (Å²) in [5.74, 6) is -1.86. The molecule has 0 aliphatic heterocycles. The van der Waals surface area contributed by atoms with E-state index in [0.29, 0.717) is 10.7 Å². The van der Waals surface area contributed by atoms with Crippen LogP contribution in [0.5, 0.6) is 0 Å². The Morgan fingerprint density at radius 1 is 1.36 bits per heavy atom. The van der Waals surface area contributed by atoms with Gasteiger partial charge in [-0.1, -0.05) is 11.6 Å². The zero-order valence-electron chi connectivity index (χ0n) is 14.1. The largest absolute Gasteiger partial charge is 0.272 e. The van der Waals surface area contributed by atoms with Gasteiger partial charge in [0.2, 0.25) is 0 Å². The Labute approximate surface area is 150 Å². The normalized spacial score (nSPS) is 12.4. The predicted molar refractivity (Wildman–Crippen MR) is 94.0 cm³/mol. The van der Waals surface area contributed by atoms with Gasteiger partial charge in [0.1, 0.15) is 11.6 Å². The van der Waals surface area contributed by atoms with Crippen LogP contribution >= 0.6 is 11.6 Å². The highest BCUT2D eigenvalue weighted by atomic mass is 35.5. The van der Waals surface area contributed by atoms with Crippen LogP contribution in [0.3, 0.4) is 0 Å². The molecule has 0 spiro atoms. The van der Waals surface area contributed by atoms with Crippen molar-refractivity contribution in [1.82, 2.24) is 25.0 Å². The number of sulfone groups is 1. The Balaban J connectivity index is 1.98. The fraction of sp³-hybridized carbons (Fsp3) is 0.429. The monoisotopic (exact) mass is 386 g/mol. The molecule has 0 fully saturated rings. The summed E-state index contributed by atoms with van der Waals surface area (Å²) in [6.45, 7) is 6.30. The topological polar surface area (TPSA) is 111 Å². The number of aryl methyl sites for hydroxylation is 1. The number of hydrazone groups is 1. The van der Waals surface area contributed by atoms with E-state index < -0.39 is 27.4 Å². The summed E-state index contributed by atoms with van der Waals surface area (Å²) in [7, 11) is -3.70. The smallest absolute Gasteiger partial charge is 0.255 e. The van der Waals surface area contributed by atoms with Gasteiger partial charge in [-0.3, -0.25) is 14.2 Å². The number of carbonyl (C=O) groups excluding carboxylic acids is 1. The number of hydrogen-bond acceptors (Lipinski definition) is 6. The van der Waals surface area contributed by atoms with Crippen LogP contribution in [-0.2, 0) is 27.1 Å². The first kappa shape index (κ1) is 19.1. The van der Waals surface area contributed by atoms with Gasteiger partial charge in [0.25, 0.3) is 5.91 Å². The lowest BCUT2D eigenvalue weighted by atomic mass is 10.2. The van der Waals surface area contributed by atoms with Crippen LogP contribution in [-0.4, -0.2) is 45.4 Å². The van der Waals surface area contributed by atoms with Crippen LogP contribution in [0.2, 0.25) is 5.02 Å². The Kier molecular flexibility index (Phi) is 5.96. The highest BCUT2D eigenvalue weighted by molar-refractivity contribution is 7.91. The van der Waals surface area contributed by atoms with Crippen molar-refractivity contribution in [3.05, 3.63) is 34.9 Å². The minimum absolute atomic E-state index is 0.322. The van der Waals surface area contributed by atoms with Crippen LogP contribution in [0.25, 0.3) is 0 Å². The average molecular weight is 387 g/mol. The van der Waals surface area contributed by atoms with Crippen LogP contribution in [0.1, 0.15) is 25.1 Å². The van der Waals surface area contributed by atoms with Crippen LogP contribution in [0, 0.1) is 6.92 Å². The summed E-state index contributed by atoms with van der Waals surface area (Å²) in [6.07, 6.45) is 4.35. The van der Waals surface area contributed by atoms with Gasteiger partial charge in [0.15, 0.2) is 9.84 Å². The van der Waals surface area contributed by atoms with Crippen molar-refractivity contribution in [3.8, 4) is 0 Å². The number of halogens is 1. The molecular weight excluding hydrogens is 368 g/mol. The summed E-state index contributed by atoms with van der Waals surface area (Å²) in [5.41, 5.74) is 4.51. The first-order chi connectivity index (χ1) is 11.7. The molecule has 0 radical (unpaired) electrons. The maximum Gasteiger partial charge on any atom is 0.255 e. The molecule has 136 valence electrons. The van der Waals surface area contributed by atoms with Crippen molar-refractivity contribution >= 4 is 33.1 Å². The molecule has 0 aromatic carbocycles. The van der Waals surface area contributed by atoms with E-state index in [2.05, 4.69) is 20.7 Å². The van der Waals surface area contributed by atoms with E-state index in [1.807, 2.05) is 13.8 Å². The third kappa shape index (κ3) is 5.13. The molecule has 2 aromatic heterocycles. The fourth-order valence-corrected chi connectivity index (χ4v) is 3.47. The minimum Gasteiger partial charge on any atom is -0.272 e. The van der Waals surface area contributed by atoms with Gasteiger partial charge in [0.05, 0.1) is 23.1 Å². The molecule has 0 aliphatic carbocycles. The molecule has 2 rings (SSSR count). The molecule has 0 aliphatic rings.